The lowest BCUT2D eigenvalue weighted by molar-refractivity contribution is -0.240. The summed E-state index contributed by atoms with van der Waals surface area (Å²) in [4.78, 5) is 23.4. The topological polar surface area (TPSA) is 71.1 Å². The summed E-state index contributed by atoms with van der Waals surface area (Å²) >= 11 is 0. The molecule has 142 valence electrons. The molecule has 0 aromatic rings. The Labute approximate surface area is 153 Å². The first-order valence-electron chi connectivity index (χ1n) is 8.87. The van der Waals surface area contributed by atoms with Crippen LogP contribution in [0.3, 0.4) is 0 Å². The van der Waals surface area contributed by atoms with Crippen molar-refractivity contribution in [3.8, 4) is 0 Å². The molecule has 0 amide bonds. The molecule has 26 heavy (non-hydrogen) atoms. The molecule has 0 aromatic heterocycles. The Kier molecular flexibility index (Phi) is 4.84. The highest BCUT2D eigenvalue weighted by Gasteiger charge is 2.58. The predicted octanol–water partition coefficient (Wildman–Crippen LogP) is 3.68. The maximum Gasteiger partial charge on any atom is 0.513 e. The summed E-state index contributed by atoms with van der Waals surface area (Å²) in [5.74, 6) is -0.318. The summed E-state index contributed by atoms with van der Waals surface area (Å²) in [6.45, 7) is 6.76. The van der Waals surface area contributed by atoms with Crippen LogP contribution in [0.2, 0.25) is 0 Å². The maximum atomic E-state index is 12.0. The van der Waals surface area contributed by atoms with E-state index in [0.717, 1.165) is 12.0 Å². The minimum atomic E-state index is -0.813. The van der Waals surface area contributed by atoms with Gasteiger partial charge in [-0.3, -0.25) is 4.79 Å². The highest BCUT2D eigenvalue weighted by Crippen LogP contribution is 2.57. The Morgan fingerprint density at radius 2 is 1.92 bits per heavy atom. The van der Waals surface area contributed by atoms with Crippen molar-refractivity contribution in [1.29, 1.82) is 0 Å². The fourth-order valence-corrected chi connectivity index (χ4v) is 4.28. The van der Waals surface area contributed by atoms with Gasteiger partial charge in [0.25, 0.3) is 0 Å². The van der Waals surface area contributed by atoms with Crippen LogP contribution in [0.1, 0.15) is 40.0 Å². The molecular weight excluding hydrogens is 336 g/mol. The van der Waals surface area contributed by atoms with Gasteiger partial charge in [-0.15, -0.1) is 0 Å². The van der Waals surface area contributed by atoms with Gasteiger partial charge in [-0.25, -0.2) is 4.79 Å². The highest BCUT2D eigenvalue weighted by molar-refractivity contribution is 5.77. The molecule has 0 N–H and O–H groups in total. The normalized spacial score (nSPS) is 32.3. The number of rotatable bonds is 3. The third-order valence-corrected chi connectivity index (χ3v) is 5.55. The molecule has 3 rings (SSSR count). The third-order valence-electron chi connectivity index (χ3n) is 5.55. The highest BCUT2D eigenvalue weighted by atomic mass is 16.7. The first-order chi connectivity index (χ1) is 12.2. The molecule has 2 atom stereocenters. The first-order valence-corrected chi connectivity index (χ1v) is 8.87. The van der Waals surface area contributed by atoms with E-state index in [1.165, 1.54) is 7.11 Å². The van der Waals surface area contributed by atoms with Gasteiger partial charge >= 0.3 is 6.16 Å². The maximum absolute atomic E-state index is 12.0. The number of ketones is 1. The molecule has 3 aliphatic rings. The number of hydrogen-bond acceptors (Lipinski definition) is 6. The zero-order valence-corrected chi connectivity index (χ0v) is 15.8. The van der Waals surface area contributed by atoms with Gasteiger partial charge in [0.1, 0.15) is 11.5 Å². The quantitative estimate of drug-likeness (QED) is 0.713. The minimum Gasteiger partial charge on any atom is -0.437 e. The van der Waals surface area contributed by atoms with E-state index in [1.807, 2.05) is 19.1 Å². The summed E-state index contributed by atoms with van der Waals surface area (Å²) in [5, 5.41) is 0. The molecule has 0 radical (unpaired) electrons. The number of methoxy groups -OCH3 is 1. The van der Waals surface area contributed by atoms with E-state index < -0.39 is 17.4 Å². The summed E-state index contributed by atoms with van der Waals surface area (Å²) < 4.78 is 22.0. The predicted molar refractivity (Wildman–Crippen MR) is 94.2 cm³/mol. The minimum absolute atomic E-state index is 0.0770. The van der Waals surface area contributed by atoms with Gasteiger partial charge in [-0.1, -0.05) is 26.0 Å². The molecule has 0 unspecified atom stereocenters. The number of ether oxygens (including phenoxy) is 4. The van der Waals surface area contributed by atoms with Crippen LogP contribution in [0.4, 0.5) is 4.79 Å². The average molecular weight is 362 g/mol. The van der Waals surface area contributed by atoms with Crippen molar-refractivity contribution in [1.82, 2.24) is 0 Å². The lowest BCUT2D eigenvalue weighted by Crippen LogP contribution is -2.54. The molecule has 1 spiro atoms. The molecule has 2 aliphatic carbocycles. The summed E-state index contributed by atoms with van der Waals surface area (Å²) in [5.41, 5.74) is 0.162. The molecule has 1 saturated heterocycles. The Balaban J connectivity index is 2.06. The summed E-state index contributed by atoms with van der Waals surface area (Å²) in [7, 11) is 1.27. The standard InChI is InChI=1S/C20H26O6/c1-14(21)11-19(3)12-15-10-16(26-17(22)23-4)6-5-7-18(15,2)13-20(19)24-8-9-25-20/h5-6,10,12H,7-9,11,13H2,1-4H3/t18-,19-/m1/s1. The van der Waals surface area contributed by atoms with Crippen molar-refractivity contribution < 1.29 is 28.5 Å². The van der Waals surface area contributed by atoms with Gasteiger partial charge in [-0.05, 0) is 31.1 Å². The molecule has 0 saturated carbocycles. The largest absolute Gasteiger partial charge is 0.513 e. The second-order valence-corrected chi connectivity index (χ2v) is 7.79. The number of fused-ring (bicyclic) bond motifs is 1. The van der Waals surface area contributed by atoms with Crippen LogP contribution in [0, 0.1) is 10.8 Å². The van der Waals surface area contributed by atoms with E-state index >= 15 is 0 Å². The number of carbonyl (C=O) groups excluding carboxylic acids is 2. The van der Waals surface area contributed by atoms with E-state index in [2.05, 4.69) is 17.7 Å². The average Bonchev–Trinajstić information content (AvgIpc) is 2.96. The van der Waals surface area contributed by atoms with Crippen LogP contribution in [0.15, 0.2) is 35.6 Å². The van der Waals surface area contributed by atoms with Crippen LogP contribution >= 0.6 is 0 Å². The van der Waals surface area contributed by atoms with E-state index in [-0.39, 0.29) is 11.2 Å². The Morgan fingerprint density at radius 3 is 2.54 bits per heavy atom. The van der Waals surface area contributed by atoms with Crippen LogP contribution in [0.25, 0.3) is 0 Å². The fourth-order valence-electron chi connectivity index (χ4n) is 4.28. The van der Waals surface area contributed by atoms with Gasteiger partial charge in [0.15, 0.2) is 5.79 Å². The van der Waals surface area contributed by atoms with E-state index in [9.17, 15) is 9.59 Å². The molecule has 1 heterocycles. The Bertz CT molecular complexity index is 697. The Hall–Kier alpha value is -1.92. The van der Waals surface area contributed by atoms with Crippen molar-refractivity contribution in [2.24, 2.45) is 10.8 Å². The monoisotopic (exact) mass is 362 g/mol. The van der Waals surface area contributed by atoms with Crippen molar-refractivity contribution >= 4 is 11.9 Å². The second-order valence-electron chi connectivity index (χ2n) is 7.79. The zero-order chi connectivity index (χ0) is 19.0. The second kappa shape index (κ2) is 6.67. The molecule has 6 heteroatoms. The van der Waals surface area contributed by atoms with Gasteiger partial charge in [0.05, 0.1) is 20.3 Å². The molecule has 6 nitrogen and oxygen atoms in total. The van der Waals surface area contributed by atoms with Crippen molar-refractivity contribution in [2.45, 2.75) is 45.8 Å². The van der Waals surface area contributed by atoms with Crippen molar-refractivity contribution in [3.63, 3.8) is 0 Å². The molecular formula is C20H26O6. The summed E-state index contributed by atoms with van der Waals surface area (Å²) in [6, 6.07) is 0. The van der Waals surface area contributed by atoms with Gasteiger partial charge in [-0.2, -0.15) is 0 Å². The van der Waals surface area contributed by atoms with Crippen LogP contribution in [-0.2, 0) is 23.7 Å². The Morgan fingerprint density at radius 1 is 1.23 bits per heavy atom. The molecule has 1 fully saturated rings. The van der Waals surface area contributed by atoms with Gasteiger partial charge in [0, 0.05) is 23.7 Å². The first kappa shape index (κ1) is 18.9. The molecule has 1 aliphatic heterocycles. The third kappa shape index (κ3) is 3.23. The smallest absolute Gasteiger partial charge is 0.437 e. The van der Waals surface area contributed by atoms with Crippen LogP contribution in [-0.4, -0.2) is 38.0 Å². The number of Topliss-reactive ketones (excluding diaryl/α,β-unsaturated/α-hetero) is 1. The van der Waals surface area contributed by atoms with Crippen LogP contribution < -0.4 is 0 Å². The van der Waals surface area contributed by atoms with E-state index in [1.54, 1.807) is 13.0 Å². The molecule has 0 aromatic carbocycles. The SMILES string of the molecule is COC(=O)OC1=CC2=C[C@@](C)(CC(C)=O)C3(C[C@@]2(C)CC=C1)OCCO3. The number of hydrogen-bond donors (Lipinski definition) is 0. The van der Waals surface area contributed by atoms with Gasteiger partial charge < -0.3 is 18.9 Å². The van der Waals surface area contributed by atoms with Crippen LogP contribution in [0.5, 0.6) is 0 Å². The molecule has 0 bridgehead atoms. The number of allylic oxidation sites excluding steroid dienone is 4. The van der Waals surface area contributed by atoms with Gasteiger partial charge in [0.2, 0.25) is 0 Å². The lowest BCUT2D eigenvalue weighted by atomic mass is 9.60. The number of carbonyl (C=O) groups is 2. The van der Waals surface area contributed by atoms with Crippen molar-refractivity contribution in [3.05, 3.63) is 35.6 Å². The zero-order valence-electron chi connectivity index (χ0n) is 15.8. The fraction of sp³-hybridized carbons (Fsp3) is 0.600. The van der Waals surface area contributed by atoms with E-state index in [4.69, 9.17) is 14.2 Å². The summed E-state index contributed by atoms with van der Waals surface area (Å²) in [6.07, 6.45) is 8.60. The lowest BCUT2D eigenvalue weighted by Gasteiger charge is -2.51. The van der Waals surface area contributed by atoms with Crippen molar-refractivity contribution in [2.75, 3.05) is 20.3 Å². The van der Waals surface area contributed by atoms with E-state index in [0.29, 0.717) is 31.8 Å².